The Kier molecular flexibility index (Phi) is 3.49. The minimum absolute atomic E-state index is 0.214. The van der Waals surface area contributed by atoms with Crippen LogP contribution in [0.25, 0.3) is 10.1 Å². The summed E-state index contributed by atoms with van der Waals surface area (Å²) in [6, 6.07) is 5.81. The molecular weight excluding hydrogens is 358 g/mol. The highest BCUT2D eigenvalue weighted by atomic mass is 79.9. The molecule has 4 nitrogen and oxygen atoms in total. The number of hydrogen-bond donors (Lipinski definition) is 2. The Labute approximate surface area is 131 Å². The highest BCUT2D eigenvalue weighted by Crippen LogP contribution is 2.35. The number of aromatic nitrogens is 1. The molecule has 1 aromatic carbocycles. The standard InChI is InChI=1S/C13H10BrN3OS2/c1-6-5-16-13(19-6)17-12(18)11-10(15)8-4-7(14)2-3-9(8)20-11/h2-5H,15H2,1H3,(H,16,17,18). The number of benzene rings is 1. The Bertz CT molecular complexity index is 809. The van der Waals surface area contributed by atoms with E-state index >= 15 is 0 Å². The van der Waals surface area contributed by atoms with Crippen LogP contribution in [-0.4, -0.2) is 10.9 Å². The maximum absolute atomic E-state index is 12.3. The summed E-state index contributed by atoms with van der Waals surface area (Å²) in [4.78, 5) is 18.0. The van der Waals surface area contributed by atoms with E-state index in [0.717, 1.165) is 19.4 Å². The SMILES string of the molecule is Cc1cnc(NC(=O)c2sc3ccc(Br)cc3c2N)s1. The number of fused-ring (bicyclic) bond motifs is 1. The Morgan fingerprint density at radius 3 is 2.90 bits per heavy atom. The van der Waals surface area contributed by atoms with Gasteiger partial charge in [-0.1, -0.05) is 15.9 Å². The van der Waals surface area contributed by atoms with Gasteiger partial charge in [0.2, 0.25) is 0 Å². The molecule has 0 spiro atoms. The summed E-state index contributed by atoms with van der Waals surface area (Å²) in [6.07, 6.45) is 1.73. The molecule has 0 saturated carbocycles. The molecular formula is C13H10BrN3OS2. The molecule has 20 heavy (non-hydrogen) atoms. The molecule has 1 amide bonds. The molecule has 3 aromatic rings. The van der Waals surface area contributed by atoms with Crippen LogP contribution in [0.1, 0.15) is 14.5 Å². The molecule has 3 N–H and O–H groups in total. The number of halogens is 1. The lowest BCUT2D eigenvalue weighted by Gasteiger charge is -1.99. The first-order chi connectivity index (χ1) is 9.54. The molecule has 0 aliphatic heterocycles. The number of nitrogens with one attached hydrogen (secondary N) is 1. The lowest BCUT2D eigenvalue weighted by molar-refractivity contribution is 0.103. The largest absolute Gasteiger partial charge is 0.397 e. The van der Waals surface area contributed by atoms with Gasteiger partial charge in [-0.25, -0.2) is 4.98 Å². The number of carbonyl (C=O) groups is 1. The minimum Gasteiger partial charge on any atom is -0.397 e. The van der Waals surface area contributed by atoms with Crippen molar-refractivity contribution in [2.45, 2.75) is 6.92 Å². The van der Waals surface area contributed by atoms with Gasteiger partial charge < -0.3 is 5.73 Å². The monoisotopic (exact) mass is 367 g/mol. The second-order valence-electron chi connectivity index (χ2n) is 4.22. The molecule has 7 heteroatoms. The van der Waals surface area contributed by atoms with Crippen LogP contribution in [0, 0.1) is 6.92 Å². The van der Waals surface area contributed by atoms with Crippen molar-refractivity contribution >= 4 is 65.4 Å². The van der Waals surface area contributed by atoms with E-state index in [1.165, 1.54) is 22.7 Å². The minimum atomic E-state index is -0.214. The number of carbonyl (C=O) groups excluding carboxylic acids is 1. The Hall–Kier alpha value is -1.44. The summed E-state index contributed by atoms with van der Waals surface area (Å²) in [5, 5.41) is 4.26. The summed E-state index contributed by atoms with van der Waals surface area (Å²) in [7, 11) is 0. The Balaban J connectivity index is 1.97. The van der Waals surface area contributed by atoms with Crippen molar-refractivity contribution in [3.8, 4) is 0 Å². The van der Waals surface area contributed by atoms with Crippen LogP contribution in [0.5, 0.6) is 0 Å². The number of rotatable bonds is 2. The molecule has 0 unspecified atom stereocenters. The van der Waals surface area contributed by atoms with Gasteiger partial charge in [-0.15, -0.1) is 22.7 Å². The van der Waals surface area contributed by atoms with Crippen LogP contribution in [0.15, 0.2) is 28.9 Å². The summed E-state index contributed by atoms with van der Waals surface area (Å²) >= 11 is 6.23. The number of nitrogen functional groups attached to an aromatic ring is 1. The smallest absolute Gasteiger partial charge is 0.269 e. The molecule has 0 saturated heterocycles. The van der Waals surface area contributed by atoms with E-state index in [9.17, 15) is 4.79 Å². The topological polar surface area (TPSA) is 68.0 Å². The second kappa shape index (κ2) is 5.16. The molecule has 0 fully saturated rings. The number of amides is 1. The molecule has 0 aliphatic rings. The number of aryl methyl sites for hydroxylation is 1. The third kappa shape index (κ3) is 2.44. The predicted octanol–water partition coefficient (Wildman–Crippen LogP) is 4.26. The van der Waals surface area contributed by atoms with Crippen molar-refractivity contribution < 1.29 is 4.79 Å². The zero-order chi connectivity index (χ0) is 14.3. The molecule has 0 radical (unpaired) electrons. The van der Waals surface area contributed by atoms with E-state index in [0.29, 0.717) is 15.7 Å². The molecule has 2 heterocycles. The van der Waals surface area contributed by atoms with Crippen LogP contribution in [0.3, 0.4) is 0 Å². The summed E-state index contributed by atoms with van der Waals surface area (Å²) in [6.45, 7) is 1.94. The molecule has 3 rings (SSSR count). The van der Waals surface area contributed by atoms with Gasteiger partial charge in [0.25, 0.3) is 5.91 Å². The predicted molar refractivity (Wildman–Crippen MR) is 88.7 cm³/mol. The van der Waals surface area contributed by atoms with Crippen molar-refractivity contribution in [2.24, 2.45) is 0 Å². The fraction of sp³-hybridized carbons (Fsp3) is 0.0769. The molecule has 0 atom stereocenters. The zero-order valence-corrected chi connectivity index (χ0v) is 13.7. The summed E-state index contributed by atoms with van der Waals surface area (Å²) in [5.74, 6) is -0.214. The molecule has 2 aromatic heterocycles. The van der Waals surface area contributed by atoms with Crippen molar-refractivity contribution in [3.63, 3.8) is 0 Å². The number of nitrogens with two attached hydrogens (primary N) is 1. The van der Waals surface area contributed by atoms with Crippen molar-refractivity contribution in [2.75, 3.05) is 11.1 Å². The van der Waals surface area contributed by atoms with E-state index < -0.39 is 0 Å². The number of thiophene rings is 1. The number of nitrogens with zero attached hydrogens (tertiary/aromatic N) is 1. The second-order valence-corrected chi connectivity index (χ2v) is 7.42. The van der Waals surface area contributed by atoms with Gasteiger partial charge in [0.15, 0.2) is 5.13 Å². The fourth-order valence-electron chi connectivity index (χ4n) is 1.82. The number of thiazole rings is 1. The van der Waals surface area contributed by atoms with E-state index in [2.05, 4.69) is 26.2 Å². The third-order valence-electron chi connectivity index (χ3n) is 2.74. The molecule has 102 valence electrons. The maximum Gasteiger partial charge on any atom is 0.269 e. The zero-order valence-electron chi connectivity index (χ0n) is 10.4. The van der Waals surface area contributed by atoms with Gasteiger partial charge in [-0.3, -0.25) is 10.1 Å². The Morgan fingerprint density at radius 1 is 1.40 bits per heavy atom. The van der Waals surface area contributed by atoms with E-state index in [-0.39, 0.29) is 5.91 Å². The summed E-state index contributed by atoms with van der Waals surface area (Å²) < 4.78 is 1.93. The van der Waals surface area contributed by atoms with E-state index in [1.54, 1.807) is 6.20 Å². The first-order valence-corrected chi connectivity index (χ1v) is 8.18. The highest BCUT2D eigenvalue weighted by Gasteiger charge is 2.17. The lowest BCUT2D eigenvalue weighted by Crippen LogP contribution is -2.11. The fourth-order valence-corrected chi connectivity index (χ4v) is 3.84. The quantitative estimate of drug-likeness (QED) is 0.710. The lowest BCUT2D eigenvalue weighted by atomic mass is 10.2. The third-order valence-corrected chi connectivity index (χ3v) is 5.24. The van der Waals surface area contributed by atoms with Crippen molar-refractivity contribution in [1.82, 2.24) is 4.98 Å². The first-order valence-electron chi connectivity index (χ1n) is 5.76. The summed E-state index contributed by atoms with van der Waals surface area (Å²) in [5.41, 5.74) is 6.59. The number of hydrogen-bond acceptors (Lipinski definition) is 5. The van der Waals surface area contributed by atoms with Crippen LogP contribution < -0.4 is 11.1 Å². The highest BCUT2D eigenvalue weighted by molar-refractivity contribution is 9.10. The van der Waals surface area contributed by atoms with Crippen LogP contribution in [-0.2, 0) is 0 Å². The van der Waals surface area contributed by atoms with Crippen molar-refractivity contribution in [3.05, 3.63) is 38.6 Å². The van der Waals surface area contributed by atoms with Gasteiger partial charge in [0.1, 0.15) is 4.88 Å². The number of anilines is 2. The Morgan fingerprint density at radius 2 is 2.20 bits per heavy atom. The normalized spacial score (nSPS) is 10.9. The average Bonchev–Trinajstić information content (AvgIpc) is 2.94. The van der Waals surface area contributed by atoms with Gasteiger partial charge in [-0.2, -0.15) is 0 Å². The van der Waals surface area contributed by atoms with Crippen LogP contribution in [0.2, 0.25) is 0 Å². The van der Waals surface area contributed by atoms with Crippen LogP contribution >= 0.6 is 38.6 Å². The van der Waals surface area contributed by atoms with Gasteiger partial charge >= 0.3 is 0 Å². The van der Waals surface area contributed by atoms with Crippen molar-refractivity contribution in [1.29, 1.82) is 0 Å². The van der Waals surface area contributed by atoms with Gasteiger partial charge in [0.05, 0.1) is 5.69 Å². The van der Waals surface area contributed by atoms with Gasteiger partial charge in [0, 0.05) is 25.6 Å². The average molecular weight is 368 g/mol. The van der Waals surface area contributed by atoms with E-state index in [1.807, 2.05) is 25.1 Å². The maximum atomic E-state index is 12.3. The molecule has 0 bridgehead atoms. The van der Waals surface area contributed by atoms with Crippen LogP contribution in [0.4, 0.5) is 10.8 Å². The first kappa shape index (κ1) is 13.5. The molecule has 0 aliphatic carbocycles. The van der Waals surface area contributed by atoms with Gasteiger partial charge in [-0.05, 0) is 25.1 Å². The van der Waals surface area contributed by atoms with E-state index in [4.69, 9.17) is 5.73 Å².